The largest absolute Gasteiger partial charge is 0.370 e. The summed E-state index contributed by atoms with van der Waals surface area (Å²) in [6.45, 7) is 2.11. The minimum Gasteiger partial charge on any atom is -0.370 e. The molecule has 110 valence electrons. The molecular formula is C16H28ClNO. The van der Waals surface area contributed by atoms with Gasteiger partial charge < -0.3 is 10.1 Å². The van der Waals surface area contributed by atoms with Gasteiger partial charge in [-0.1, -0.05) is 25.7 Å². The molecule has 3 heteroatoms. The molecule has 1 unspecified atom stereocenters. The summed E-state index contributed by atoms with van der Waals surface area (Å²) in [5.41, 5.74) is 0.662. The molecule has 0 radical (unpaired) electrons. The maximum absolute atomic E-state index is 6.35. The topological polar surface area (TPSA) is 21.3 Å². The third kappa shape index (κ3) is 3.11. The minimum absolute atomic E-state index is 0.282. The van der Waals surface area contributed by atoms with Gasteiger partial charge in [0.1, 0.15) is 0 Å². The first-order chi connectivity index (χ1) is 9.26. The second-order valence-corrected chi connectivity index (χ2v) is 7.41. The SMILES string of the molecule is ClCC1(CNCC2CCC3(CCCC3)O2)CCCC1. The molecule has 3 rings (SSSR count). The van der Waals surface area contributed by atoms with Gasteiger partial charge in [0.25, 0.3) is 0 Å². The van der Waals surface area contributed by atoms with E-state index in [2.05, 4.69) is 5.32 Å². The van der Waals surface area contributed by atoms with Crippen molar-refractivity contribution in [1.82, 2.24) is 5.32 Å². The molecule has 2 nitrogen and oxygen atoms in total. The van der Waals surface area contributed by atoms with Gasteiger partial charge in [0.15, 0.2) is 0 Å². The van der Waals surface area contributed by atoms with E-state index in [0.717, 1.165) is 19.0 Å². The number of nitrogens with one attached hydrogen (secondary N) is 1. The third-order valence-electron chi connectivity index (χ3n) is 5.67. The van der Waals surface area contributed by atoms with Gasteiger partial charge in [-0.2, -0.15) is 0 Å². The molecule has 1 aliphatic heterocycles. The smallest absolute Gasteiger partial charge is 0.0708 e. The van der Waals surface area contributed by atoms with Crippen molar-refractivity contribution in [2.45, 2.75) is 75.9 Å². The molecule has 1 N–H and O–H groups in total. The van der Waals surface area contributed by atoms with E-state index in [4.69, 9.17) is 16.3 Å². The van der Waals surface area contributed by atoms with Crippen LogP contribution in [0, 0.1) is 5.41 Å². The van der Waals surface area contributed by atoms with Crippen LogP contribution in [0.5, 0.6) is 0 Å². The first-order valence-corrected chi connectivity index (χ1v) is 8.74. The highest BCUT2D eigenvalue weighted by Crippen LogP contribution is 2.43. The predicted molar refractivity (Wildman–Crippen MR) is 79.8 cm³/mol. The number of hydrogen-bond acceptors (Lipinski definition) is 2. The Morgan fingerprint density at radius 2 is 1.68 bits per heavy atom. The van der Waals surface area contributed by atoms with Crippen LogP contribution in [0.1, 0.15) is 64.2 Å². The van der Waals surface area contributed by atoms with Crippen molar-refractivity contribution in [3.63, 3.8) is 0 Å². The van der Waals surface area contributed by atoms with Crippen LogP contribution in [0.25, 0.3) is 0 Å². The molecule has 1 atom stereocenters. The van der Waals surface area contributed by atoms with Crippen molar-refractivity contribution in [1.29, 1.82) is 0 Å². The van der Waals surface area contributed by atoms with Gasteiger partial charge in [0.2, 0.25) is 0 Å². The molecule has 3 aliphatic rings. The van der Waals surface area contributed by atoms with Crippen LogP contribution in [-0.2, 0) is 4.74 Å². The summed E-state index contributed by atoms with van der Waals surface area (Å²) in [5.74, 6) is 0.815. The molecule has 2 saturated carbocycles. The number of hydrogen-bond donors (Lipinski definition) is 1. The van der Waals surface area contributed by atoms with Gasteiger partial charge in [0, 0.05) is 19.0 Å². The van der Waals surface area contributed by atoms with E-state index in [0.29, 0.717) is 11.5 Å². The van der Waals surface area contributed by atoms with Crippen LogP contribution in [0.3, 0.4) is 0 Å². The van der Waals surface area contributed by atoms with E-state index in [-0.39, 0.29) is 5.60 Å². The Balaban J connectivity index is 1.41. The summed E-state index contributed by atoms with van der Waals surface area (Å²) in [6, 6.07) is 0. The minimum atomic E-state index is 0.282. The Labute approximate surface area is 122 Å². The summed E-state index contributed by atoms with van der Waals surface area (Å²) in [7, 11) is 0. The van der Waals surface area contributed by atoms with Crippen LogP contribution in [0.2, 0.25) is 0 Å². The highest BCUT2D eigenvalue weighted by Gasteiger charge is 2.42. The van der Waals surface area contributed by atoms with E-state index in [1.54, 1.807) is 0 Å². The standard InChI is InChI=1S/C16H28ClNO/c17-12-15(6-1-2-7-15)13-18-11-14-5-10-16(19-14)8-3-4-9-16/h14,18H,1-13H2. The number of ether oxygens (including phenoxy) is 1. The lowest BCUT2D eigenvalue weighted by atomic mass is 9.88. The summed E-state index contributed by atoms with van der Waals surface area (Å²) >= 11 is 6.19. The first-order valence-electron chi connectivity index (χ1n) is 8.21. The summed E-state index contributed by atoms with van der Waals surface area (Å²) in [4.78, 5) is 0. The molecule has 0 bridgehead atoms. The van der Waals surface area contributed by atoms with Crippen molar-refractivity contribution >= 4 is 11.6 Å². The van der Waals surface area contributed by atoms with Crippen LogP contribution >= 0.6 is 11.6 Å². The molecule has 1 heterocycles. The number of rotatable bonds is 5. The molecule has 0 aromatic heterocycles. The van der Waals surface area contributed by atoms with Crippen LogP contribution in [0.4, 0.5) is 0 Å². The van der Waals surface area contributed by atoms with Gasteiger partial charge in [-0.25, -0.2) is 0 Å². The molecule has 1 spiro atoms. The van der Waals surface area contributed by atoms with E-state index in [9.17, 15) is 0 Å². The summed E-state index contributed by atoms with van der Waals surface area (Å²) in [5, 5.41) is 3.66. The van der Waals surface area contributed by atoms with Crippen molar-refractivity contribution in [2.24, 2.45) is 5.41 Å². The lowest BCUT2D eigenvalue weighted by Gasteiger charge is -2.28. The van der Waals surface area contributed by atoms with Crippen LogP contribution in [-0.4, -0.2) is 30.7 Å². The zero-order valence-electron chi connectivity index (χ0n) is 12.1. The monoisotopic (exact) mass is 285 g/mol. The fraction of sp³-hybridized carbons (Fsp3) is 1.00. The molecule has 0 aromatic carbocycles. The quantitative estimate of drug-likeness (QED) is 0.775. The van der Waals surface area contributed by atoms with Gasteiger partial charge in [-0.15, -0.1) is 11.6 Å². The summed E-state index contributed by atoms with van der Waals surface area (Å²) in [6.07, 6.45) is 13.7. The third-order valence-corrected chi connectivity index (χ3v) is 6.24. The van der Waals surface area contributed by atoms with Crippen molar-refractivity contribution in [3.05, 3.63) is 0 Å². The van der Waals surface area contributed by atoms with Crippen molar-refractivity contribution < 1.29 is 4.74 Å². The second-order valence-electron chi connectivity index (χ2n) is 7.14. The lowest BCUT2D eigenvalue weighted by Crippen LogP contribution is -2.38. The fourth-order valence-corrected chi connectivity index (χ4v) is 4.77. The molecule has 2 aliphatic carbocycles. The molecule has 1 saturated heterocycles. The van der Waals surface area contributed by atoms with Crippen LogP contribution in [0.15, 0.2) is 0 Å². The Morgan fingerprint density at radius 3 is 2.37 bits per heavy atom. The zero-order valence-corrected chi connectivity index (χ0v) is 12.8. The lowest BCUT2D eigenvalue weighted by molar-refractivity contribution is -0.0356. The molecule has 0 amide bonds. The Morgan fingerprint density at radius 1 is 1.00 bits per heavy atom. The van der Waals surface area contributed by atoms with Crippen LogP contribution < -0.4 is 5.32 Å². The molecule has 0 aromatic rings. The average Bonchev–Trinajstić information content (AvgIpc) is 3.14. The Bertz CT molecular complexity index is 295. The number of halogens is 1. The maximum Gasteiger partial charge on any atom is 0.0708 e. The highest BCUT2D eigenvalue weighted by atomic mass is 35.5. The van der Waals surface area contributed by atoms with Gasteiger partial charge in [-0.05, 0) is 43.9 Å². The van der Waals surface area contributed by atoms with E-state index >= 15 is 0 Å². The Hall–Kier alpha value is 0.210. The fourth-order valence-electron chi connectivity index (χ4n) is 4.41. The maximum atomic E-state index is 6.35. The van der Waals surface area contributed by atoms with E-state index in [1.807, 2.05) is 0 Å². The molecule has 19 heavy (non-hydrogen) atoms. The molecule has 3 fully saturated rings. The Kier molecular flexibility index (Phi) is 4.40. The van der Waals surface area contributed by atoms with Crippen molar-refractivity contribution in [2.75, 3.05) is 19.0 Å². The van der Waals surface area contributed by atoms with Gasteiger partial charge in [-0.3, -0.25) is 0 Å². The number of alkyl halides is 1. The van der Waals surface area contributed by atoms with Gasteiger partial charge >= 0.3 is 0 Å². The second kappa shape index (κ2) is 5.91. The van der Waals surface area contributed by atoms with E-state index in [1.165, 1.54) is 64.2 Å². The van der Waals surface area contributed by atoms with Gasteiger partial charge in [0.05, 0.1) is 11.7 Å². The highest BCUT2D eigenvalue weighted by molar-refractivity contribution is 6.18. The van der Waals surface area contributed by atoms with E-state index < -0.39 is 0 Å². The zero-order chi connectivity index (χ0) is 13.2. The van der Waals surface area contributed by atoms with Crippen molar-refractivity contribution in [3.8, 4) is 0 Å². The summed E-state index contributed by atoms with van der Waals surface area (Å²) < 4.78 is 6.35. The predicted octanol–water partition coefficient (Wildman–Crippen LogP) is 3.87. The first kappa shape index (κ1) is 14.2. The molecular weight excluding hydrogens is 258 g/mol. The average molecular weight is 286 g/mol. The normalized spacial score (nSPS) is 32.4.